The number of fused-ring (bicyclic) bond motifs is 3. The van der Waals surface area contributed by atoms with Crippen molar-refractivity contribution in [1.29, 1.82) is 0 Å². The molecule has 2 aromatic rings. The van der Waals surface area contributed by atoms with Gasteiger partial charge in [-0.25, -0.2) is 9.97 Å². The van der Waals surface area contributed by atoms with Crippen LogP contribution in [0.25, 0.3) is 10.2 Å². The van der Waals surface area contributed by atoms with Gasteiger partial charge in [-0.1, -0.05) is 6.92 Å². The first-order valence-electron chi connectivity index (χ1n) is 11.5. The predicted octanol–water partition coefficient (Wildman–Crippen LogP) is 3.99. The van der Waals surface area contributed by atoms with Gasteiger partial charge in [-0.15, -0.1) is 11.3 Å². The fourth-order valence-electron chi connectivity index (χ4n) is 5.43. The lowest BCUT2D eigenvalue weighted by Gasteiger charge is -2.35. The lowest BCUT2D eigenvalue weighted by atomic mass is 9.92. The van der Waals surface area contributed by atoms with Crippen LogP contribution < -0.4 is 4.74 Å². The Morgan fingerprint density at radius 1 is 1.20 bits per heavy atom. The lowest BCUT2D eigenvalue weighted by molar-refractivity contribution is -0.131. The number of hydrogen-bond acceptors (Lipinski definition) is 6. The Labute approximate surface area is 182 Å². The summed E-state index contributed by atoms with van der Waals surface area (Å²) in [4.78, 5) is 28.3. The van der Waals surface area contributed by atoms with Crippen LogP contribution in [0, 0.1) is 0 Å². The number of aryl methyl sites for hydroxylation is 1. The third kappa shape index (κ3) is 3.82. The molecule has 0 radical (unpaired) electrons. The van der Waals surface area contributed by atoms with E-state index in [9.17, 15) is 4.79 Å². The molecule has 0 bridgehead atoms. The lowest BCUT2D eigenvalue weighted by Crippen LogP contribution is -2.44. The smallest absolute Gasteiger partial charge is 0.236 e. The Balaban J connectivity index is 1.20. The van der Waals surface area contributed by atoms with Gasteiger partial charge in [0.25, 0.3) is 0 Å². The molecule has 1 atom stereocenters. The minimum absolute atomic E-state index is 0.203. The summed E-state index contributed by atoms with van der Waals surface area (Å²) < 4.78 is 6.45. The summed E-state index contributed by atoms with van der Waals surface area (Å²) in [6.07, 6.45) is 10.7. The molecule has 30 heavy (non-hydrogen) atoms. The van der Waals surface area contributed by atoms with Gasteiger partial charge in [0.15, 0.2) is 0 Å². The quantitative estimate of drug-likeness (QED) is 0.721. The highest BCUT2D eigenvalue weighted by atomic mass is 32.1. The van der Waals surface area contributed by atoms with E-state index >= 15 is 0 Å². The van der Waals surface area contributed by atoms with Crippen LogP contribution in [0.5, 0.6) is 5.88 Å². The molecule has 2 aromatic heterocycles. The Hall–Kier alpha value is -1.73. The summed E-state index contributed by atoms with van der Waals surface area (Å²) >= 11 is 1.81. The Kier molecular flexibility index (Phi) is 5.67. The molecule has 2 aliphatic carbocycles. The fraction of sp³-hybridized carbons (Fsp3) is 0.696. The maximum absolute atomic E-state index is 12.5. The molecular formula is C23H32N4O2S. The van der Waals surface area contributed by atoms with Crippen molar-refractivity contribution in [2.45, 2.75) is 76.4 Å². The van der Waals surface area contributed by atoms with E-state index in [1.54, 1.807) is 6.33 Å². The van der Waals surface area contributed by atoms with Gasteiger partial charge in [0.1, 0.15) is 17.3 Å². The molecule has 1 unspecified atom stereocenters. The maximum atomic E-state index is 12.5. The van der Waals surface area contributed by atoms with E-state index in [1.807, 2.05) is 16.2 Å². The first kappa shape index (κ1) is 20.2. The molecule has 0 spiro atoms. The van der Waals surface area contributed by atoms with Crippen molar-refractivity contribution in [2.75, 3.05) is 26.7 Å². The first-order chi connectivity index (χ1) is 14.6. The van der Waals surface area contributed by atoms with E-state index in [1.165, 1.54) is 16.9 Å². The standard InChI is InChI=1S/C23H32N4O2S/c1-15-5-10-18-20(15)21-22(24-14-25-23(21)30-18)29-17-8-6-16(7-9-17)26(2)13-19(28)27-11-3-4-12-27/h14-17H,3-13H2,1-2H3. The zero-order valence-corrected chi connectivity index (χ0v) is 18.9. The first-order valence-corrected chi connectivity index (χ1v) is 12.3. The summed E-state index contributed by atoms with van der Waals surface area (Å²) in [5, 5.41) is 1.16. The number of amides is 1. The topological polar surface area (TPSA) is 58.6 Å². The van der Waals surface area contributed by atoms with Crippen molar-refractivity contribution in [3.05, 3.63) is 16.8 Å². The van der Waals surface area contributed by atoms with Crippen molar-refractivity contribution in [2.24, 2.45) is 0 Å². The molecule has 2 fully saturated rings. The third-order valence-electron chi connectivity index (χ3n) is 7.25. The number of carbonyl (C=O) groups is 1. The highest BCUT2D eigenvalue weighted by Gasteiger charge is 2.31. The van der Waals surface area contributed by atoms with Crippen molar-refractivity contribution >= 4 is 27.5 Å². The van der Waals surface area contributed by atoms with Crippen molar-refractivity contribution in [1.82, 2.24) is 19.8 Å². The summed E-state index contributed by atoms with van der Waals surface area (Å²) in [6.45, 7) is 4.72. The maximum Gasteiger partial charge on any atom is 0.236 e. The number of rotatable bonds is 5. The second kappa shape index (κ2) is 8.42. The zero-order chi connectivity index (χ0) is 20.7. The Morgan fingerprint density at radius 2 is 1.97 bits per heavy atom. The normalized spacial score (nSPS) is 26.5. The van der Waals surface area contributed by atoms with E-state index in [2.05, 4.69) is 28.8 Å². The molecular weight excluding hydrogens is 396 g/mol. The van der Waals surface area contributed by atoms with E-state index in [0.29, 0.717) is 18.5 Å². The number of hydrogen-bond donors (Lipinski definition) is 0. The average Bonchev–Trinajstić information content (AvgIpc) is 3.47. The van der Waals surface area contributed by atoms with Gasteiger partial charge < -0.3 is 9.64 Å². The van der Waals surface area contributed by atoms with Gasteiger partial charge >= 0.3 is 0 Å². The minimum atomic E-state index is 0.203. The van der Waals surface area contributed by atoms with Crippen LogP contribution in [0.2, 0.25) is 0 Å². The monoisotopic (exact) mass is 428 g/mol. The van der Waals surface area contributed by atoms with Gasteiger partial charge in [-0.05, 0) is 69.9 Å². The summed E-state index contributed by atoms with van der Waals surface area (Å²) in [5.74, 6) is 1.64. The largest absolute Gasteiger partial charge is 0.474 e. The fourth-order valence-corrected chi connectivity index (χ4v) is 6.70. The summed E-state index contributed by atoms with van der Waals surface area (Å²) in [5.41, 5.74) is 1.43. The zero-order valence-electron chi connectivity index (χ0n) is 18.1. The van der Waals surface area contributed by atoms with Crippen LogP contribution in [0.3, 0.4) is 0 Å². The molecule has 1 amide bonds. The molecule has 1 saturated carbocycles. The van der Waals surface area contributed by atoms with Gasteiger partial charge in [-0.3, -0.25) is 9.69 Å². The van der Waals surface area contributed by atoms with Crippen LogP contribution in [0.4, 0.5) is 0 Å². The molecule has 162 valence electrons. The molecule has 0 N–H and O–H groups in total. The minimum Gasteiger partial charge on any atom is -0.474 e. The third-order valence-corrected chi connectivity index (χ3v) is 8.43. The number of ether oxygens (including phenoxy) is 1. The molecule has 1 saturated heterocycles. The second-order valence-corrected chi connectivity index (χ2v) is 10.4. The van der Waals surface area contributed by atoms with Crippen LogP contribution in [0.15, 0.2) is 6.33 Å². The number of likely N-dealkylation sites (tertiary alicyclic amines) is 1. The molecule has 0 aromatic carbocycles. The summed E-state index contributed by atoms with van der Waals surface area (Å²) in [7, 11) is 2.10. The molecule has 7 heteroatoms. The van der Waals surface area contributed by atoms with E-state index in [-0.39, 0.29) is 12.0 Å². The highest BCUT2D eigenvalue weighted by Crippen LogP contribution is 2.46. The number of likely N-dealkylation sites (N-methyl/N-ethyl adjacent to an activating group) is 1. The molecule has 3 heterocycles. The molecule has 1 aliphatic heterocycles. The SMILES string of the molecule is CC1CCc2sc3ncnc(OC4CCC(N(C)CC(=O)N5CCCC5)CC4)c3c21. The number of nitrogens with zero attached hydrogens (tertiary/aromatic N) is 4. The molecule has 3 aliphatic rings. The molecule has 6 nitrogen and oxygen atoms in total. The number of carbonyl (C=O) groups excluding carboxylic acids is 1. The number of aromatic nitrogens is 2. The second-order valence-electron chi connectivity index (χ2n) is 9.29. The van der Waals surface area contributed by atoms with Gasteiger partial charge in [-0.2, -0.15) is 0 Å². The Morgan fingerprint density at radius 3 is 2.73 bits per heavy atom. The van der Waals surface area contributed by atoms with Crippen molar-refractivity contribution in [3.8, 4) is 5.88 Å². The van der Waals surface area contributed by atoms with Crippen molar-refractivity contribution < 1.29 is 9.53 Å². The van der Waals surface area contributed by atoms with E-state index < -0.39 is 0 Å². The van der Waals surface area contributed by atoms with Crippen LogP contribution in [-0.4, -0.2) is 64.5 Å². The van der Waals surface area contributed by atoms with Crippen molar-refractivity contribution in [3.63, 3.8) is 0 Å². The van der Waals surface area contributed by atoms with Crippen LogP contribution in [-0.2, 0) is 11.2 Å². The molecule has 5 rings (SSSR count). The van der Waals surface area contributed by atoms with Crippen LogP contribution in [0.1, 0.15) is 68.2 Å². The van der Waals surface area contributed by atoms with Crippen LogP contribution >= 0.6 is 11.3 Å². The van der Waals surface area contributed by atoms with Gasteiger partial charge in [0, 0.05) is 24.0 Å². The predicted molar refractivity (Wildman–Crippen MR) is 119 cm³/mol. The van der Waals surface area contributed by atoms with Gasteiger partial charge in [0.05, 0.1) is 11.9 Å². The average molecular weight is 429 g/mol. The number of thiophene rings is 1. The summed E-state index contributed by atoms with van der Waals surface area (Å²) in [6, 6.07) is 0.465. The highest BCUT2D eigenvalue weighted by molar-refractivity contribution is 7.19. The Bertz CT molecular complexity index is 915. The van der Waals surface area contributed by atoms with E-state index in [4.69, 9.17) is 4.74 Å². The van der Waals surface area contributed by atoms with E-state index in [0.717, 1.165) is 74.1 Å². The van der Waals surface area contributed by atoms with Gasteiger partial charge in [0.2, 0.25) is 11.8 Å².